The highest BCUT2D eigenvalue weighted by Gasteiger charge is 2.43. The van der Waals surface area contributed by atoms with Crippen molar-refractivity contribution in [1.82, 2.24) is 5.32 Å². The number of carbonyl (C=O) groups excluding carboxylic acids is 1. The molecule has 2 unspecified atom stereocenters. The van der Waals surface area contributed by atoms with Gasteiger partial charge in [-0.15, -0.1) is 11.6 Å². The molecule has 1 fully saturated rings. The number of alkyl halides is 4. The van der Waals surface area contributed by atoms with Crippen LogP contribution >= 0.6 is 11.6 Å². The van der Waals surface area contributed by atoms with Crippen molar-refractivity contribution in [3.63, 3.8) is 0 Å². The Hall–Kier alpha value is -0.450. The van der Waals surface area contributed by atoms with Crippen LogP contribution in [0.2, 0.25) is 0 Å². The highest BCUT2D eigenvalue weighted by molar-refractivity contribution is 6.18. The van der Waals surface area contributed by atoms with Gasteiger partial charge >= 0.3 is 6.18 Å². The Balaban J connectivity index is 2.47. The van der Waals surface area contributed by atoms with Gasteiger partial charge in [-0.1, -0.05) is 6.42 Å². The smallest absolute Gasteiger partial charge is 0.355 e. The van der Waals surface area contributed by atoms with Crippen molar-refractivity contribution in [3.05, 3.63) is 0 Å². The Morgan fingerprint density at radius 3 is 2.62 bits per heavy atom. The first-order chi connectivity index (χ1) is 7.45. The minimum absolute atomic E-state index is 0.0857. The van der Waals surface area contributed by atoms with E-state index in [4.69, 9.17) is 11.6 Å². The van der Waals surface area contributed by atoms with Crippen LogP contribution in [0.25, 0.3) is 0 Å². The van der Waals surface area contributed by atoms with E-state index < -0.39 is 18.0 Å². The molecular weight excluding hydrogens is 243 g/mol. The number of carbonyl (C=O) groups is 1. The number of amides is 1. The molecule has 0 aromatic heterocycles. The molecule has 1 aliphatic rings. The average Bonchev–Trinajstić information content (AvgIpc) is 2.25. The molecule has 2 atom stereocenters. The summed E-state index contributed by atoms with van der Waals surface area (Å²) in [5.41, 5.74) is 0. The molecule has 0 spiro atoms. The molecule has 0 radical (unpaired) electrons. The first kappa shape index (κ1) is 13.6. The molecule has 0 aromatic rings. The second-order valence-electron chi connectivity index (χ2n) is 4.08. The molecule has 0 aromatic carbocycles. The zero-order chi connectivity index (χ0) is 12.2. The van der Waals surface area contributed by atoms with Gasteiger partial charge in [-0.05, 0) is 19.3 Å². The van der Waals surface area contributed by atoms with E-state index in [9.17, 15) is 18.0 Å². The Labute approximate surface area is 97.5 Å². The molecule has 0 saturated heterocycles. The first-order valence-electron chi connectivity index (χ1n) is 5.35. The molecule has 1 rings (SSSR count). The van der Waals surface area contributed by atoms with Crippen molar-refractivity contribution < 1.29 is 18.0 Å². The molecular formula is C10H15ClF3NO. The van der Waals surface area contributed by atoms with E-state index in [0.29, 0.717) is 19.4 Å². The van der Waals surface area contributed by atoms with Crippen LogP contribution in [0.15, 0.2) is 0 Å². The van der Waals surface area contributed by atoms with Gasteiger partial charge in [0.25, 0.3) is 0 Å². The van der Waals surface area contributed by atoms with E-state index in [2.05, 4.69) is 5.32 Å². The number of hydrogen-bond donors (Lipinski definition) is 1. The minimum atomic E-state index is -4.18. The molecule has 94 valence electrons. The van der Waals surface area contributed by atoms with Gasteiger partial charge in [0, 0.05) is 18.3 Å². The quantitative estimate of drug-likeness (QED) is 0.774. The van der Waals surface area contributed by atoms with Crippen LogP contribution in [-0.4, -0.2) is 24.5 Å². The summed E-state index contributed by atoms with van der Waals surface area (Å²) in [5, 5.41) is 2.54. The summed E-state index contributed by atoms with van der Waals surface area (Å²) >= 11 is 5.39. The van der Waals surface area contributed by atoms with Gasteiger partial charge in [0.15, 0.2) is 0 Å². The van der Waals surface area contributed by atoms with Gasteiger partial charge < -0.3 is 5.32 Å². The lowest BCUT2D eigenvalue weighted by atomic mass is 9.80. The Bertz CT molecular complexity index is 245. The van der Waals surface area contributed by atoms with Crippen molar-refractivity contribution >= 4 is 17.5 Å². The molecule has 1 N–H and O–H groups in total. The monoisotopic (exact) mass is 257 g/mol. The van der Waals surface area contributed by atoms with Crippen molar-refractivity contribution in [2.75, 3.05) is 12.4 Å². The third-order valence-electron chi connectivity index (χ3n) is 2.90. The van der Waals surface area contributed by atoms with Crippen LogP contribution in [0, 0.1) is 11.8 Å². The van der Waals surface area contributed by atoms with E-state index in [1.54, 1.807) is 0 Å². The normalized spacial score (nSPS) is 26.5. The summed E-state index contributed by atoms with van der Waals surface area (Å²) in [4.78, 5) is 11.5. The largest absolute Gasteiger partial charge is 0.391 e. The third-order valence-corrected chi connectivity index (χ3v) is 3.09. The summed E-state index contributed by atoms with van der Waals surface area (Å²) in [6.45, 7) is 0.313. The van der Waals surface area contributed by atoms with Gasteiger partial charge in [-0.25, -0.2) is 0 Å². The lowest BCUT2D eigenvalue weighted by molar-refractivity contribution is -0.186. The number of rotatable bonds is 3. The highest BCUT2D eigenvalue weighted by Crippen LogP contribution is 2.39. The molecule has 1 aliphatic carbocycles. The van der Waals surface area contributed by atoms with Crippen LogP contribution in [-0.2, 0) is 4.79 Å². The minimum Gasteiger partial charge on any atom is -0.355 e. The average molecular weight is 258 g/mol. The molecule has 1 amide bonds. The van der Waals surface area contributed by atoms with Crippen LogP contribution < -0.4 is 5.32 Å². The van der Waals surface area contributed by atoms with E-state index >= 15 is 0 Å². The number of hydrogen-bond acceptors (Lipinski definition) is 1. The van der Waals surface area contributed by atoms with Crippen molar-refractivity contribution in [2.45, 2.75) is 31.9 Å². The molecule has 1 saturated carbocycles. The van der Waals surface area contributed by atoms with Gasteiger partial charge in [0.1, 0.15) is 0 Å². The second kappa shape index (κ2) is 5.75. The van der Waals surface area contributed by atoms with E-state index in [1.165, 1.54) is 0 Å². The van der Waals surface area contributed by atoms with Gasteiger partial charge in [-0.2, -0.15) is 13.2 Å². The van der Waals surface area contributed by atoms with E-state index in [-0.39, 0.29) is 24.6 Å². The summed E-state index contributed by atoms with van der Waals surface area (Å²) in [6, 6.07) is 0. The van der Waals surface area contributed by atoms with E-state index in [0.717, 1.165) is 0 Å². The maximum atomic E-state index is 12.5. The fraction of sp³-hybridized carbons (Fsp3) is 0.900. The van der Waals surface area contributed by atoms with Crippen LogP contribution in [0.1, 0.15) is 25.7 Å². The molecule has 16 heavy (non-hydrogen) atoms. The van der Waals surface area contributed by atoms with Crippen molar-refractivity contribution in [2.24, 2.45) is 11.8 Å². The van der Waals surface area contributed by atoms with Gasteiger partial charge in [-0.3, -0.25) is 4.79 Å². The lowest BCUT2D eigenvalue weighted by Gasteiger charge is -2.29. The maximum Gasteiger partial charge on any atom is 0.391 e. The Kier molecular flexibility index (Phi) is 4.89. The fourth-order valence-electron chi connectivity index (χ4n) is 2.04. The molecule has 6 heteroatoms. The number of halogens is 4. The summed E-state index contributed by atoms with van der Waals surface area (Å²) in [5.74, 6) is -1.85. The SMILES string of the molecule is O=C(NCCCl)C1CCCC(C(F)(F)F)C1. The zero-order valence-electron chi connectivity index (χ0n) is 8.82. The predicted molar refractivity (Wildman–Crippen MR) is 55.2 cm³/mol. The molecule has 0 bridgehead atoms. The lowest BCUT2D eigenvalue weighted by Crippen LogP contribution is -2.38. The van der Waals surface area contributed by atoms with Crippen LogP contribution in [0.3, 0.4) is 0 Å². The zero-order valence-corrected chi connectivity index (χ0v) is 9.57. The topological polar surface area (TPSA) is 29.1 Å². The fourth-order valence-corrected chi connectivity index (χ4v) is 2.13. The van der Waals surface area contributed by atoms with Gasteiger partial charge in [0.05, 0.1) is 5.92 Å². The van der Waals surface area contributed by atoms with Gasteiger partial charge in [0.2, 0.25) is 5.91 Å². The summed E-state index contributed by atoms with van der Waals surface area (Å²) in [6.07, 6.45) is -3.12. The van der Waals surface area contributed by atoms with Crippen molar-refractivity contribution in [3.8, 4) is 0 Å². The maximum absolute atomic E-state index is 12.5. The molecule has 0 heterocycles. The van der Waals surface area contributed by atoms with Crippen LogP contribution in [0.5, 0.6) is 0 Å². The first-order valence-corrected chi connectivity index (χ1v) is 5.89. The summed E-state index contributed by atoms with van der Waals surface area (Å²) in [7, 11) is 0. The Morgan fingerprint density at radius 2 is 2.06 bits per heavy atom. The summed E-state index contributed by atoms with van der Waals surface area (Å²) < 4.78 is 37.4. The van der Waals surface area contributed by atoms with E-state index in [1.807, 2.05) is 0 Å². The number of nitrogens with one attached hydrogen (secondary N) is 1. The standard InChI is InChI=1S/C10H15ClF3NO/c11-4-5-15-9(16)7-2-1-3-8(6-7)10(12,13)14/h7-8H,1-6H2,(H,15,16). The third kappa shape index (κ3) is 3.85. The van der Waals surface area contributed by atoms with Crippen LogP contribution in [0.4, 0.5) is 13.2 Å². The van der Waals surface area contributed by atoms with Crippen molar-refractivity contribution in [1.29, 1.82) is 0 Å². The predicted octanol–water partition coefficient (Wildman–Crippen LogP) is 2.71. The second-order valence-corrected chi connectivity index (χ2v) is 4.46. The Morgan fingerprint density at radius 1 is 1.38 bits per heavy atom. The highest BCUT2D eigenvalue weighted by atomic mass is 35.5. The molecule has 2 nitrogen and oxygen atoms in total. The molecule has 0 aliphatic heterocycles.